The fraction of sp³-hybridized carbons (Fsp3) is 0.0968. The lowest BCUT2D eigenvalue weighted by molar-refractivity contribution is 0.415. The second-order valence-corrected chi connectivity index (χ2v) is 8.15. The predicted molar refractivity (Wildman–Crippen MR) is 141 cm³/mol. The van der Waals surface area contributed by atoms with Crippen molar-refractivity contribution in [2.45, 2.75) is 13.8 Å². The maximum Gasteiger partial charge on any atom is 0.119 e. The predicted octanol–water partition coefficient (Wildman–Crippen LogP) is 8.20. The average molecular weight is 432 g/mol. The molecule has 0 aliphatic carbocycles. The summed E-state index contributed by atoms with van der Waals surface area (Å²) in [6, 6.07) is 33.7. The molecule has 0 radical (unpaired) electrons. The molecule has 164 valence electrons. The van der Waals surface area contributed by atoms with Gasteiger partial charge in [-0.1, -0.05) is 90.0 Å². The highest BCUT2D eigenvalue weighted by molar-refractivity contribution is 5.82. The van der Waals surface area contributed by atoms with E-state index in [4.69, 9.17) is 4.74 Å². The number of methoxy groups -OCH3 is 1. The number of rotatable bonds is 7. The Morgan fingerprint density at radius 2 is 1.24 bits per heavy atom. The summed E-state index contributed by atoms with van der Waals surface area (Å²) in [5.41, 5.74) is 9.42. The van der Waals surface area contributed by atoms with Crippen molar-refractivity contribution in [1.82, 2.24) is 0 Å². The van der Waals surface area contributed by atoms with E-state index in [1.54, 1.807) is 7.11 Å². The first-order valence-corrected chi connectivity index (χ1v) is 11.1. The van der Waals surface area contributed by atoms with Gasteiger partial charge in [-0.3, -0.25) is 0 Å². The number of anilines is 2. The third-order valence-electron chi connectivity index (χ3n) is 5.50. The van der Waals surface area contributed by atoms with Gasteiger partial charge in [0.05, 0.1) is 7.11 Å². The van der Waals surface area contributed by atoms with Crippen LogP contribution in [0.15, 0.2) is 109 Å². The average Bonchev–Trinajstić information content (AvgIpc) is 2.83. The molecule has 4 rings (SSSR count). The van der Waals surface area contributed by atoms with E-state index >= 15 is 0 Å². The van der Waals surface area contributed by atoms with Gasteiger partial charge in [0.25, 0.3) is 0 Å². The zero-order valence-electron chi connectivity index (χ0n) is 19.4. The van der Waals surface area contributed by atoms with Crippen LogP contribution >= 0.6 is 0 Å². The highest BCUT2D eigenvalue weighted by atomic mass is 16.5. The lowest BCUT2D eigenvalue weighted by atomic mass is 9.95. The van der Waals surface area contributed by atoms with E-state index in [1.807, 2.05) is 24.3 Å². The molecule has 0 aliphatic heterocycles. The molecule has 0 amide bonds. The molecule has 0 saturated heterocycles. The van der Waals surface area contributed by atoms with Crippen LogP contribution in [0.1, 0.15) is 27.8 Å². The SMILES string of the molecule is COc1ccc(Nc2ccc(C=CC=C(c3cccc(C)c3)c3cccc(C)c3)cc2)cc1. The van der Waals surface area contributed by atoms with Gasteiger partial charge in [0, 0.05) is 11.4 Å². The monoisotopic (exact) mass is 431 g/mol. The van der Waals surface area contributed by atoms with Gasteiger partial charge in [-0.15, -0.1) is 0 Å². The summed E-state index contributed by atoms with van der Waals surface area (Å²) in [6.07, 6.45) is 6.47. The number of benzene rings is 4. The van der Waals surface area contributed by atoms with Crippen LogP contribution in [0.3, 0.4) is 0 Å². The van der Waals surface area contributed by atoms with Crippen LogP contribution in [-0.4, -0.2) is 7.11 Å². The number of ether oxygens (including phenoxy) is 1. The Morgan fingerprint density at radius 1 is 0.697 bits per heavy atom. The topological polar surface area (TPSA) is 21.3 Å². The molecule has 0 aromatic heterocycles. The third-order valence-corrected chi connectivity index (χ3v) is 5.50. The maximum absolute atomic E-state index is 5.22. The summed E-state index contributed by atoms with van der Waals surface area (Å²) < 4.78 is 5.22. The minimum absolute atomic E-state index is 0.852. The van der Waals surface area contributed by atoms with Gasteiger partial charge in [0.2, 0.25) is 0 Å². The van der Waals surface area contributed by atoms with E-state index in [0.29, 0.717) is 0 Å². The minimum atomic E-state index is 0.852. The smallest absolute Gasteiger partial charge is 0.119 e. The van der Waals surface area contributed by atoms with Gasteiger partial charge in [-0.05, 0) is 72.5 Å². The molecular formula is C31H29NO. The van der Waals surface area contributed by atoms with Crippen LogP contribution in [-0.2, 0) is 0 Å². The Hall–Kier alpha value is -4.04. The van der Waals surface area contributed by atoms with Crippen LogP contribution in [0.2, 0.25) is 0 Å². The standard InChI is InChI=1S/C31H29NO/c1-23-7-4-10-26(21-23)31(27-11-5-8-24(2)22-27)12-6-9-25-13-15-28(16-14-25)32-29-17-19-30(33-3)20-18-29/h4-22,32H,1-3H3. The molecule has 2 heteroatoms. The van der Waals surface area contributed by atoms with Gasteiger partial charge < -0.3 is 10.1 Å². The first-order chi connectivity index (χ1) is 16.1. The summed E-state index contributed by atoms with van der Waals surface area (Å²) in [5, 5.41) is 3.42. The normalized spacial score (nSPS) is 10.8. The molecule has 0 heterocycles. The van der Waals surface area contributed by atoms with Gasteiger partial charge >= 0.3 is 0 Å². The summed E-state index contributed by atoms with van der Waals surface area (Å²) in [4.78, 5) is 0. The van der Waals surface area contributed by atoms with Gasteiger partial charge in [0.15, 0.2) is 0 Å². The van der Waals surface area contributed by atoms with Crippen molar-refractivity contribution in [2.75, 3.05) is 12.4 Å². The Labute approximate surface area is 196 Å². The quantitative estimate of drug-likeness (QED) is 0.298. The first-order valence-electron chi connectivity index (χ1n) is 11.1. The van der Waals surface area contributed by atoms with Crippen LogP contribution in [0.4, 0.5) is 11.4 Å². The van der Waals surface area contributed by atoms with Crippen LogP contribution in [0.25, 0.3) is 11.6 Å². The molecule has 4 aromatic rings. The molecule has 0 saturated carbocycles. The second-order valence-electron chi connectivity index (χ2n) is 8.15. The molecule has 2 nitrogen and oxygen atoms in total. The number of hydrogen-bond acceptors (Lipinski definition) is 2. The zero-order valence-corrected chi connectivity index (χ0v) is 19.4. The van der Waals surface area contributed by atoms with Crippen molar-refractivity contribution >= 4 is 23.0 Å². The fourth-order valence-corrected chi connectivity index (χ4v) is 3.76. The van der Waals surface area contributed by atoms with E-state index in [0.717, 1.165) is 22.7 Å². The molecule has 0 bridgehead atoms. The molecule has 0 atom stereocenters. The number of allylic oxidation sites excluding steroid dienone is 2. The molecule has 1 N–H and O–H groups in total. The Bertz CT molecular complexity index is 1220. The zero-order chi connectivity index (χ0) is 23.0. The van der Waals surface area contributed by atoms with Crippen molar-refractivity contribution in [3.8, 4) is 5.75 Å². The van der Waals surface area contributed by atoms with Crippen molar-refractivity contribution in [2.24, 2.45) is 0 Å². The lowest BCUT2D eigenvalue weighted by Gasteiger charge is -2.10. The summed E-state index contributed by atoms with van der Waals surface area (Å²) in [6.45, 7) is 4.27. The van der Waals surface area contributed by atoms with Gasteiger partial charge in [-0.25, -0.2) is 0 Å². The van der Waals surface area contributed by atoms with E-state index < -0.39 is 0 Å². The van der Waals surface area contributed by atoms with Crippen LogP contribution in [0.5, 0.6) is 5.75 Å². The van der Waals surface area contributed by atoms with Gasteiger partial charge in [-0.2, -0.15) is 0 Å². The molecule has 0 aliphatic rings. The number of nitrogens with one attached hydrogen (secondary N) is 1. The second kappa shape index (κ2) is 10.5. The van der Waals surface area contributed by atoms with Crippen molar-refractivity contribution in [1.29, 1.82) is 0 Å². The Balaban J connectivity index is 1.53. The van der Waals surface area contributed by atoms with E-state index in [9.17, 15) is 0 Å². The lowest BCUT2D eigenvalue weighted by Crippen LogP contribution is -1.90. The molecular weight excluding hydrogens is 402 g/mol. The van der Waals surface area contributed by atoms with Crippen molar-refractivity contribution in [3.05, 3.63) is 137 Å². The third kappa shape index (κ3) is 6.02. The molecule has 4 aromatic carbocycles. The molecule has 33 heavy (non-hydrogen) atoms. The van der Waals surface area contributed by atoms with Crippen molar-refractivity contribution < 1.29 is 4.74 Å². The Kier molecular flexibility index (Phi) is 7.06. The van der Waals surface area contributed by atoms with Gasteiger partial charge in [0.1, 0.15) is 5.75 Å². The van der Waals surface area contributed by atoms with Crippen molar-refractivity contribution in [3.63, 3.8) is 0 Å². The largest absolute Gasteiger partial charge is 0.497 e. The van der Waals surface area contributed by atoms with E-state index in [1.165, 1.54) is 27.8 Å². The fourth-order valence-electron chi connectivity index (χ4n) is 3.76. The van der Waals surface area contributed by atoms with Crippen LogP contribution in [0, 0.1) is 13.8 Å². The molecule has 0 spiro atoms. The first kappa shape index (κ1) is 22.2. The minimum Gasteiger partial charge on any atom is -0.497 e. The summed E-state index contributed by atoms with van der Waals surface area (Å²) in [7, 11) is 1.68. The van der Waals surface area contributed by atoms with Crippen LogP contribution < -0.4 is 10.1 Å². The number of aryl methyl sites for hydroxylation is 2. The van der Waals surface area contributed by atoms with E-state index in [-0.39, 0.29) is 0 Å². The Morgan fingerprint density at radius 3 is 1.76 bits per heavy atom. The highest BCUT2D eigenvalue weighted by Crippen LogP contribution is 2.26. The molecule has 0 fully saturated rings. The maximum atomic E-state index is 5.22. The summed E-state index contributed by atoms with van der Waals surface area (Å²) in [5.74, 6) is 0.852. The highest BCUT2D eigenvalue weighted by Gasteiger charge is 2.05. The summed E-state index contributed by atoms with van der Waals surface area (Å²) >= 11 is 0. The number of hydrogen-bond donors (Lipinski definition) is 1. The van der Waals surface area contributed by atoms with E-state index in [2.05, 4.69) is 110 Å². The molecule has 0 unspecified atom stereocenters.